The molecule has 0 saturated carbocycles. The average molecular weight is 946 g/mol. The lowest BCUT2D eigenvalue weighted by molar-refractivity contribution is -0.854. The predicted octanol–water partition coefficient (Wildman–Crippen LogP) is 8.72. The van der Waals surface area contributed by atoms with Gasteiger partial charge in [-0.15, -0.1) is 21.9 Å². The Bertz CT molecular complexity index is 2750. The summed E-state index contributed by atoms with van der Waals surface area (Å²) in [6, 6.07) is 17.7. The Morgan fingerprint density at radius 3 is 1.05 bits per heavy atom. The summed E-state index contributed by atoms with van der Waals surface area (Å²) in [4.78, 5) is 16.0. The first kappa shape index (κ1) is 47.1. The van der Waals surface area contributed by atoms with Crippen LogP contribution in [0.4, 0.5) is 93.5 Å². The van der Waals surface area contributed by atoms with Crippen LogP contribution in [0.2, 0.25) is 0 Å². The number of hydrogen-bond acceptors (Lipinski definition) is 3. The van der Waals surface area contributed by atoms with Crippen molar-refractivity contribution in [3.05, 3.63) is 193 Å². The molecule has 65 heavy (non-hydrogen) atoms. The Hall–Kier alpha value is -7.41. The van der Waals surface area contributed by atoms with E-state index in [-0.39, 0.29) is 5.69 Å². The molecular weight excluding hydrogens is 935 g/mol. The standard InChI is InChI=1S/C24BF20.C15H11N2O3/c26-5-1(6(27)14(35)21(42)13(5)34)25(2-7(28)15(36)22(43)16(37)8(2)29,3-9(30)17(38)23(44)18(39)10(3)31)4-11(32)19(40)24(45)20(41)12(4)33;18-17(19)13-7-3-8-14(11-13)20-16-10-4-6-12-5-1-2-9-15(12)16/h;1-11H/q-1;+1. The number of aromatic nitrogens is 1. The van der Waals surface area contributed by atoms with E-state index in [1.54, 1.807) is 23.1 Å². The third-order valence-corrected chi connectivity index (χ3v) is 9.61. The molecule has 0 unspecified atom stereocenters. The van der Waals surface area contributed by atoms with Gasteiger partial charge in [0, 0.05) is 22.9 Å². The molecule has 0 radical (unpaired) electrons. The van der Waals surface area contributed by atoms with Crippen molar-refractivity contribution in [3.8, 4) is 5.75 Å². The molecule has 0 fully saturated rings. The summed E-state index contributed by atoms with van der Waals surface area (Å²) in [6.45, 7) is 0. The molecule has 0 N–H and O–H groups in total. The van der Waals surface area contributed by atoms with Crippen LogP contribution >= 0.6 is 0 Å². The second-order valence-electron chi connectivity index (χ2n) is 13.0. The van der Waals surface area contributed by atoms with Crippen LogP contribution in [0, 0.1) is 126 Å². The van der Waals surface area contributed by atoms with Crippen LogP contribution in [-0.4, -0.2) is 11.1 Å². The van der Waals surface area contributed by atoms with E-state index in [0.717, 1.165) is 10.9 Å². The molecule has 5 nitrogen and oxygen atoms in total. The molecule has 338 valence electrons. The van der Waals surface area contributed by atoms with E-state index < -0.39 is 149 Å². The van der Waals surface area contributed by atoms with Crippen LogP contribution in [0.15, 0.2) is 66.9 Å². The number of nitro benzene ring substituents is 1. The topological polar surface area (TPSA) is 56.3 Å². The quantitative estimate of drug-likeness (QED) is 0.0306. The molecule has 0 aliphatic rings. The Labute approximate surface area is 346 Å². The van der Waals surface area contributed by atoms with Crippen molar-refractivity contribution in [2.45, 2.75) is 0 Å². The Kier molecular flexibility index (Phi) is 12.5. The zero-order valence-corrected chi connectivity index (χ0v) is 30.6. The summed E-state index contributed by atoms with van der Waals surface area (Å²) in [5, 5.41) is 11.8. The third kappa shape index (κ3) is 7.34. The highest BCUT2D eigenvalue weighted by molar-refractivity contribution is 7.20. The molecule has 0 aliphatic heterocycles. The molecule has 7 aromatic rings. The summed E-state index contributed by atoms with van der Waals surface area (Å²) in [6.07, 6.45) is -5.45. The van der Waals surface area contributed by atoms with E-state index >= 15 is 35.1 Å². The molecule has 0 atom stereocenters. The van der Waals surface area contributed by atoms with Crippen molar-refractivity contribution in [2.24, 2.45) is 0 Å². The first-order valence-corrected chi connectivity index (χ1v) is 17.0. The zero-order valence-electron chi connectivity index (χ0n) is 30.6. The van der Waals surface area contributed by atoms with Gasteiger partial charge in [-0.1, -0.05) is 18.2 Å². The van der Waals surface area contributed by atoms with Gasteiger partial charge in [0.2, 0.25) is 11.9 Å². The maximum Gasteiger partial charge on any atom is 0.273 e. The van der Waals surface area contributed by atoms with E-state index in [1.165, 1.54) is 12.1 Å². The molecule has 0 amide bonds. The lowest BCUT2D eigenvalue weighted by Gasteiger charge is -2.44. The maximum atomic E-state index is 15.4. The lowest BCUT2D eigenvalue weighted by Crippen LogP contribution is -2.81. The number of para-hydroxylation sites is 1. The fourth-order valence-electron chi connectivity index (χ4n) is 6.86. The summed E-state index contributed by atoms with van der Waals surface area (Å²) in [5.41, 5.74) is -13.4. The second kappa shape index (κ2) is 17.3. The monoisotopic (exact) mass is 946 g/mol. The fraction of sp³-hybridized carbons (Fsp3) is 0. The molecule has 6 aromatic carbocycles. The van der Waals surface area contributed by atoms with Gasteiger partial charge < -0.3 is 0 Å². The van der Waals surface area contributed by atoms with Crippen molar-refractivity contribution in [2.75, 3.05) is 0 Å². The molecule has 0 spiro atoms. The van der Waals surface area contributed by atoms with Crippen LogP contribution in [-0.2, 0) is 0 Å². The molecule has 7 rings (SSSR count). The van der Waals surface area contributed by atoms with Gasteiger partial charge in [0.1, 0.15) is 52.7 Å². The van der Waals surface area contributed by atoms with Crippen LogP contribution in [0.1, 0.15) is 0 Å². The van der Waals surface area contributed by atoms with Gasteiger partial charge in [0.05, 0.1) is 16.4 Å². The molecule has 0 bridgehead atoms. The molecule has 1 aromatic heterocycles. The molecular formula is C39H11BF20N2O3. The minimum Gasteiger partial charge on any atom is -0.258 e. The second-order valence-corrected chi connectivity index (χ2v) is 13.0. The highest BCUT2D eigenvalue weighted by atomic mass is 19.2. The van der Waals surface area contributed by atoms with Gasteiger partial charge in [-0.25, -0.2) is 92.6 Å². The molecule has 26 heteroatoms. The van der Waals surface area contributed by atoms with Crippen LogP contribution in [0.25, 0.3) is 10.9 Å². The molecule has 1 heterocycles. The summed E-state index contributed by atoms with van der Waals surface area (Å²) < 4.78 is 296. The predicted molar refractivity (Wildman–Crippen MR) is 182 cm³/mol. The number of nitrogens with zero attached hydrogens (tertiary/aromatic N) is 2. The van der Waals surface area contributed by atoms with Gasteiger partial charge in [-0.3, -0.25) is 10.1 Å². The van der Waals surface area contributed by atoms with Gasteiger partial charge in [-0.2, -0.15) is 0 Å². The Morgan fingerprint density at radius 2 is 0.708 bits per heavy atom. The van der Waals surface area contributed by atoms with Crippen LogP contribution < -0.4 is 31.4 Å². The van der Waals surface area contributed by atoms with Crippen molar-refractivity contribution < 1.29 is 102 Å². The van der Waals surface area contributed by atoms with Crippen molar-refractivity contribution >= 4 is 44.6 Å². The van der Waals surface area contributed by atoms with Crippen molar-refractivity contribution in [3.63, 3.8) is 0 Å². The minimum absolute atomic E-state index is 0.00309. The third-order valence-electron chi connectivity index (χ3n) is 9.61. The number of pyridine rings is 1. The average Bonchev–Trinajstić information content (AvgIpc) is 3.29. The number of halogens is 20. The largest absolute Gasteiger partial charge is 0.273 e. The smallest absolute Gasteiger partial charge is 0.258 e. The number of non-ortho nitro benzene ring substituents is 1. The van der Waals surface area contributed by atoms with Gasteiger partial charge in [0.25, 0.3) is 11.2 Å². The number of fused-ring (bicyclic) bond motifs is 1. The highest BCUT2D eigenvalue weighted by Crippen LogP contribution is 2.31. The Balaban J connectivity index is 0.000000289. The van der Waals surface area contributed by atoms with E-state index in [9.17, 15) is 62.8 Å². The van der Waals surface area contributed by atoms with E-state index in [4.69, 9.17) is 4.84 Å². The van der Waals surface area contributed by atoms with Crippen molar-refractivity contribution in [1.29, 1.82) is 0 Å². The number of hydrogen-bond donors (Lipinski definition) is 0. The van der Waals surface area contributed by atoms with Crippen LogP contribution in [0.5, 0.6) is 5.75 Å². The summed E-state index contributed by atoms with van der Waals surface area (Å²) in [7, 11) is 0. The number of benzene rings is 6. The fourth-order valence-corrected chi connectivity index (χ4v) is 6.86. The lowest BCUT2D eigenvalue weighted by atomic mass is 9.12. The first-order valence-electron chi connectivity index (χ1n) is 17.0. The molecule has 0 saturated heterocycles. The van der Waals surface area contributed by atoms with E-state index in [0.29, 0.717) is 5.75 Å². The summed E-state index contributed by atoms with van der Waals surface area (Å²) in [5.74, 6) is -71.0. The van der Waals surface area contributed by atoms with Gasteiger partial charge >= 0.3 is 0 Å². The van der Waals surface area contributed by atoms with E-state index in [2.05, 4.69) is 0 Å². The van der Waals surface area contributed by atoms with Crippen molar-refractivity contribution in [1.82, 2.24) is 0 Å². The summed E-state index contributed by atoms with van der Waals surface area (Å²) >= 11 is 0. The minimum atomic E-state index is -7.22. The normalized spacial score (nSPS) is 11.5. The Morgan fingerprint density at radius 1 is 0.400 bits per heavy atom. The molecule has 0 aliphatic carbocycles. The highest BCUT2D eigenvalue weighted by Gasteiger charge is 2.52. The first-order chi connectivity index (χ1) is 30.4. The number of rotatable bonds is 7. The van der Waals surface area contributed by atoms with Crippen LogP contribution in [0.3, 0.4) is 0 Å². The van der Waals surface area contributed by atoms with Gasteiger partial charge in [-0.05, 0) is 18.2 Å². The van der Waals surface area contributed by atoms with E-state index in [1.807, 2.05) is 36.4 Å². The number of nitro groups is 1. The SMILES string of the molecule is Fc1c(F)c(F)c([B-](c2c(F)c(F)c(F)c(F)c2F)(c2c(F)c(F)c(F)c(F)c2F)c2c(F)c(F)c(F)c(F)c2F)c(F)c1F.O=[N+]([O-])c1cccc(O[n+]2cccc3ccccc32)c1. The zero-order chi connectivity index (χ0) is 48.3. The maximum absolute atomic E-state index is 15.4. The van der Waals surface area contributed by atoms with Gasteiger partial charge in [0.15, 0.2) is 69.8 Å².